The van der Waals surface area contributed by atoms with E-state index >= 15 is 0 Å². The van der Waals surface area contributed by atoms with E-state index in [4.69, 9.17) is 4.74 Å². The van der Waals surface area contributed by atoms with Crippen molar-refractivity contribution in [2.45, 2.75) is 38.0 Å². The number of anilines is 1. The average molecular weight is 312 g/mol. The standard InChI is InChI=1S/C17H20N4O2/c22-17(14-9-19-21-16(14)12-5-6-23-10-12)20-13-7-11-3-1-2-4-15(11)18-8-13/h7-9,12H,1-6,10H2,(H,19,21)(H,20,22). The van der Waals surface area contributed by atoms with E-state index in [0.29, 0.717) is 12.2 Å². The smallest absolute Gasteiger partial charge is 0.259 e. The lowest BCUT2D eigenvalue weighted by atomic mass is 9.96. The first-order valence-corrected chi connectivity index (χ1v) is 8.21. The lowest BCUT2D eigenvalue weighted by molar-refractivity contribution is 0.102. The van der Waals surface area contributed by atoms with Crippen molar-refractivity contribution in [3.8, 4) is 0 Å². The number of rotatable bonds is 3. The van der Waals surface area contributed by atoms with Gasteiger partial charge in [0, 0.05) is 18.2 Å². The zero-order valence-corrected chi connectivity index (χ0v) is 13.0. The Morgan fingerprint density at radius 1 is 1.30 bits per heavy atom. The minimum absolute atomic E-state index is 0.141. The minimum atomic E-state index is -0.141. The van der Waals surface area contributed by atoms with E-state index in [1.54, 1.807) is 12.4 Å². The summed E-state index contributed by atoms with van der Waals surface area (Å²) in [6.45, 7) is 1.38. The van der Waals surface area contributed by atoms with Crippen LogP contribution in [0.5, 0.6) is 0 Å². The molecule has 0 bridgehead atoms. The van der Waals surface area contributed by atoms with E-state index in [9.17, 15) is 4.79 Å². The number of nitrogens with one attached hydrogen (secondary N) is 2. The quantitative estimate of drug-likeness (QED) is 0.912. The Bertz CT molecular complexity index is 719. The fourth-order valence-corrected chi connectivity index (χ4v) is 3.41. The van der Waals surface area contributed by atoms with Crippen molar-refractivity contribution >= 4 is 11.6 Å². The second kappa shape index (κ2) is 6.12. The van der Waals surface area contributed by atoms with Crippen LogP contribution in [0.1, 0.15) is 52.5 Å². The molecule has 2 aliphatic rings. The van der Waals surface area contributed by atoms with Crippen LogP contribution in [0.25, 0.3) is 0 Å². The third-order valence-corrected chi connectivity index (χ3v) is 4.68. The molecule has 0 saturated carbocycles. The molecule has 1 aliphatic carbocycles. The maximum Gasteiger partial charge on any atom is 0.259 e. The summed E-state index contributed by atoms with van der Waals surface area (Å²) in [6.07, 6.45) is 8.74. The minimum Gasteiger partial charge on any atom is -0.381 e. The third-order valence-electron chi connectivity index (χ3n) is 4.68. The predicted molar refractivity (Wildman–Crippen MR) is 85.6 cm³/mol. The summed E-state index contributed by atoms with van der Waals surface area (Å²) in [4.78, 5) is 17.1. The van der Waals surface area contributed by atoms with Crippen LogP contribution in [-0.4, -0.2) is 34.3 Å². The fourth-order valence-electron chi connectivity index (χ4n) is 3.41. The highest BCUT2D eigenvalue weighted by Gasteiger charge is 2.25. The summed E-state index contributed by atoms with van der Waals surface area (Å²) < 4.78 is 5.41. The van der Waals surface area contributed by atoms with E-state index in [1.807, 2.05) is 0 Å². The highest BCUT2D eigenvalue weighted by atomic mass is 16.5. The lowest BCUT2D eigenvalue weighted by Gasteiger charge is -2.16. The van der Waals surface area contributed by atoms with E-state index < -0.39 is 0 Å². The molecule has 2 aromatic heterocycles. The van der Waals surface area contributed by atoms with Gasteiger partial charge in [-0.2, -0.15) is 5.10 Å². The van der Waals surface area contributed by atoms with E-state index in [2.05, 4.69) is 26.6 Å². The molecule has 6 heteroatoms. The zero-order chi connectivity index (χ0) is 15.6. The number of carbonyl (C=O) groups excluding carboxylic acids is 1. The molecule has 3 heterocycles. The van der Waals surface area contributed by atoms with Gasteiger partial charge in [0.15, 0.2) is 0 Å². The van der Waals surface area contributed by atoms with Gasteiger partial charge in [0.05, 0.1) is 35.9 Å². The van der Waals surface area contributed by atoms with Gasteiger partial charge < -0.3 is 10.1 Å². The number of carbonyl (C=O) groups is 1. The maximum absolute atomic E-state index is 12.6. The van der Waals surface area contributed by atoms with E-state index in [0.717, 1.165) is 37.3 Å². The highest BCUT2D eigenvalue weighted by Crippen LogP contribution is 2.27. The van der Waals surface area contributed by atoms with Gasteiger partial charge in [0.2, 0.25) is 0 Å². The molecule has 1 atom stereocenters. The van der Waals surface area contributed by atoms with Crippen molar-refractivity contribution in [3.05, 3.63) is 41.0 Å². The van der Waals surface area contributed by atoms with Crippen molar-refractivity contribution in [3.63, 3.8) is 0 Å². The van der Waals surface area contributed by atoms with Crippen LogP contribution in [-0.2, 0) is 17.6 Å². The topological polar surface area (TPSA) is 79.9 Å². The first kappa shape index (κ1) is 14.4. The number of aromatic amines is 1. The number of aryl methyl sites for hydroxylation is 2. The molecule has 6 nitrogen and oxygen atoms in total. The number of aromatic nitrogens is 3. The molecule has 1 unspecified atom stereocenters. The number of ether oxygens (including phenoxy) is 1. The van der Waals surface area contributed by atoms with Crippen molar-refractivity contribution in [2.24, 2.45) is 0 Å². The molecular formula is C17H20N4O2. The van der Waals surface area contributed by atoms with Gasteiger partial charge in [-0.05, 0) is 43.7 Å². The van der Waals surface area contributed by atoms with Crippen LogP contribution in [0.3, 0.4) is 0 Å². The van der Waals surface area contributed by atoms with Gasteiger partial charge in [0.25, 0.3) is 5.91 Å². The Morgan fingerprint density at radius 2 is 2.22 bits per heavy atom. The SMILES string of the molecule is O=C(Nc1cnc2c(c1)CCCC2)c1cn[nH]c1C1CCOC1. The summed E-state index contributed by atoms with van der Waals surface area (Å²) in [6, 6.07) is 2.05. The Labute approximate surface area is 134 Å². The number of H-pyrrole nitrogens is 1. The summed E-state index contributed by atoms with van der Waals surface area (Å²) in [5.41, 5.74) is 4.64. The molecule has 1 aliphatic heterocycles. The molecule has 23 heavy (non-hydrogen) atoms. The first-order chi connectivity index (χ1) is 11.3. The number of amides is 1. The number of pyridine rings is 1. The normalized spacial score (nSPS) is 20.3. The van der Waals surface area contributed by atoms with E-state index in [1.165, 1.54) is 24.1 Å². The summed E-state index contributed by atoms with van der Waals surface area (Å²) in [7, 11) is 0. The molecule has 2 aromatic rings. The maximum atomic E-state index is 12.6. The van der Waals surface area contributed by atoms with Crippen molar-refractivity contribution in [2.75, 3.05) is 18.5 Å². The summed E-state index contributed by atoms with van der Waals surface area (Å²) in [5, 5.41) is 9.96. The molecular weight excluding hydrogens is 292 g/mol. The van der Waals surface area contributed by atoms with Crippen LogP contribution in [0.15, 0.2) is 18.5 Å². The first-order valence-electron chi connectivity index (χ1n) is 8.21. The highest BCUT2D eigenvalue weighted by molar-refractivity contribution is 6.05. The fraction of sp³-hybridized carbons (Fsp3) is 0.471. The summed E-state index contributed by atoms with van der Waals surface area (Å²) in [5.74, 6) is 0.0816. The molecule has 120 valence electrons. The van der Waals surface area contributed by atoms with Gasteiger partial charge in [-0.3, -0.25) is 14.9 Å². The second-order valence-electron chi connectivity index (χ2n) is 6.25. The molecule has 1 fully saturated rings. The molecule has 2 N–H and O–H groups in total. The molecule has 0 spiro atoms. The predicted octanol–water partition coefficient (Wildman–Crippen LogP) is 2.44. The molecule has 1 saturated heterocycles. The Hall–Kier alpha value is -2.21. The van der Waals surface area contributed by atoms with Crippen LogP contribution >= 0.6 is 0 Å². The van der Waals surface area contributed by atoms with Gasteiger partial charge in [-0.25, -0.2) is 0 Å². The van der Waals surface area contributed by atoms with Crippen LogP contribution in [0.4, 0.5) is 5.69 Å². The van der Waals surface area contributed by atoms with Crippen LogP contribution in [0.2, 0.25) is 0 Å². The van der Waals surface area contributed by atoms with Crippen molar-refractivity contribution in [1.82, 2.24) is 15.2 Å². The number of hydrogen-bond acceptors (Lipinski definition) is 4. The lowest BCUT2D eigenvalue weighted by Crippen LogP contribution is -2.16. The molecule has 0 radical (unpaired) electrons. The van der Waals surface area contributed by atoms with Gasteiger partial charge >= 0.3 is 0 Å². The number of nitrogens with zero attached hydrogens (tertiary/aromatic N) is 2. The van der Waals surface area contributed by atoms with E-state index in [-0.39, 0.29) is 11.8 Å². The largest absolute Gasteiger partial charge is 0.381 e. The molecule has 0 aromatic carbocycles. The zero-order valence-electron chi connectivity index (χ0n) is 13.0. The van der Waals surface area contributed by atoms with Gasteiger partial charge in [-0.15, -0.1) is 0 Å². The summed E-state index contributed by atoms with van der Waals surface area (Å²) >= 11 is 0. The Morgan fingerprint density at radius 3 is 3.09 bits per heavy atom. The third kappa shape index (κ3) is 2.86. The number of fused-ring (bicyclic) bond motifs is 1. The van der Waals surface area contributed by atoms with Crippen molar-refractivity contribution in [1.29, 1.82) is 0 Å². The monoisotopic (exact) mass is 312 g/mol. The van der Waals surface area contributed by atoms with Gasteiger partial charge in [0.1, 0.15) is 0 Å². The average Bonchev–Trinajstić information content (AvgIpc) is 3.25. The van der Waals surface area contributed by atoms with Crippen LogP contribution in [0, 0.1) is 0 Å². The van der Waals surface area contributed by atoms with Crippen LogP contribution < -0.4 is 5.32 Å². The second-order valence-corrected chi connectivity index (χ2v) is 6.25. The molecule has 4 rings (SSSR count). The Kier molecular flexibility index (Phi) is 3.83. The van der Waals surface area contributed by atoms with Gasteiger partial charge in [-0.1, -0.05) is 0 Å². The molecule has 1 amide bonds. The van der Waals surface area contributed by atoms with Crippen molar-refractivity contribution < 1.29 is 9.53 Å². The number of hydrogen-bond donors (Lipinski definition) is 2. The Balaban J connectivity index is 1.53.